The van der Waals surface area contributed by atoms with E-state index in [0.29, 0.717) is 5.69 Å². The van der Waals surface area contributed by atoms with Gasteiger partial charge in [-0.1, -0.05) is 29.8 Å². The lowest BCUT2D eigenvalue weighted by Gasteiger charge is -2.20. The molecule has 4 heteroatoms. The summed E-state index contributed by atoms with van der Waals surface area (Å²) in [5.74, 6) is -0.404. The lowest BCUT2D eigenvalue weighted by molar-refractivity contribution is -0.112. The first-order valence-corrected chi connectivity index (χ1v) is 8.42. The summed E-state index contributed by atoms with van der Waals surface area (Å²) in [7, 11) is 0. The largest absolute Gasteiger partial charge is 0.372 e. The predicted molar refractivity (Wildman–Crippen MR) is 103 cm³/mol. The molecule has 128 valence electrons. The van der Waals surface area contributed by atoms with Crippen LogP contribution in [0.15, 0.2) is 54.1 Å². The van der Waals surface area contributed by atoms with Gasteiger partial charge in [0.1, 0.15) is 11.6 Å². The first-order valence-electron chi connectivity index (χ1n) is 8.42. The first kappa shape index (κ1) is 18.3. The number of hydrogen-bond donors (Lipinski definition) is 1. The zero-order chi connectivity index (χ0) is 18.2. The fourth-order valence-electron chi connectivity index (χ4n) is 2.52. The van der Waals surface area contributed by atoms with E-state index in [-0.39, 0.29) is 5.57 Å². The van der Waals surface area contributed by atoms with E-state index in [2.05, 4.69) is 24.1 Å². The molecule has 0 radical (unpaired) electrons. The number of amides is 1. The Kier molecular flexibility index (Phi) is 6.36. The van der Waals surface area contributed by atoms with Crippen molar-refractivity contribution < 1.29 is 4.79 Å². The van der Waals surface area contributed by atoms with Crippen LogP contribution in [0.4, 0.5) is 11.4 Å². The Morgan fingerprint density at radius 3 is 2.20 bits per heavy atom. The lowest BCUT2D eigenvalue weighted by atomic mass is 10.1. The second-order valence-electron chi connectivity index (χ2n) is 5.75. The van der Waals surface area contributed by atoms with E-state index >= 15 is 0 Å². The maximum absolute atomic E-state index is 12.3. The Labute approximate surface area is 149 Å². The van der Waals surface area contributed by atoms with Gasteiger partial charge < -0.3 is 10.2 Å². The van der Waals surface area contributed by atoms with Gasteiger partial charge in [-0.2, -0.15) is 5.26 Å². The summed E-state index contributed by atoms with van der Waals surface area (Å²) in [6.07, 6.45) is 1.61. The van der Waals surface area contributed by atoms with Gasteiger partial charge in [0.05, 0.1) is 0 Å². The van der Waals surface area contributed by atoms with Crippen molar-refractivity contribution in [2.24, 2.45) is 0 Å². The van der Waals surface area contributed by atoms with Crippen molar-refractivity contribution in [1.82, 2.24) is 0 Å². The summed E-state index contributed by atoms with van der Waals surface area (Å²) in [6.45, 7) is 8.08. The van der Waals surface area contributed by atoms with Crippen LogP contribution in [0.1, 0.15) is 25.0 Å². The highest BCUT2D eigenvalue weighted by Gasteiger charge is 2.09. The standard InChI is InChI=1S/C21H23N3O/c1-4-24(5-2)20-12-8-17(9-13-20)14-18(15-22)21(25)23-19-10-6-16(3)7-11-19/h6-14H,4-5H2,1-3H3,(H,23,25). The van der Waals surface area contributed by atoms with Crippen molar-refractivity contribution in [3.63, 3.8) is 0 Å². The Morgan fingerprint density at radius 1 is 1.08 bits per heavy atom. The smallest absolute Gasteiger partial charge is 0.266 e. The van der Waals surface area contributed by atoms with Gasteiger partial charge in [0.2, 0.25) is 0 Å². The maximum Gasteiger partial charge on any atom is 0.266 e. The van der Waals surface area contributed by atoms with Gasteiger partial charge >= 0.3 is 0 Å². The van der Waals surface area contributed by atoms with Crippen molar-refractivity contribution in [3.8, 4) is 6.07 Å². The molecule has 0 bridgehead atoms. The number of nitriles is 1. The van der Waals surface area contributed by atoms with Gasteiger partial charge in [-0.15, -0.1) is 0 Å². The number of rotatable bonds is 6. The van der Waals surface area contributed by atoms with Crippen molar-refractivity contribution in [3.05, 3.63) is 65.2 Å². The average Bonchev–Trinajstić information content (AvgIpc) is 2.63. The number of nitrogens with zero attached hydrogens (tertiary/aromatic N) is 2. The summed E-state index contributed by atoms with van der Waals surface area (Å²) < 4.78 is 0. The van der Waals surface area contributed by atoms with Crippen LogP contribution in [-0.4, -0.2) is 19.0 Å². The van der Waals surface area contributed by atoms with E-state index in [1.807, 2.05) is 61.5 Å². The van der Waals surface area contributed by atoms with Crippen molar-refractivity contribution >= 4 is 23.4 Å². The molecule has 0 unspecified atom stereocenters. The maximum atomic E-state index is 12.3. The predicted octanol–water partition coefficient (Wildman–Crippen LogP) is 4.39. The molecule has 0 heterocycles. The monoisotopic (exact) mass is 333 g/mol. The van der Waals surface area contributed by atoms with E-state index in [4.69, 9.17) is 0 Å². The third kappa shape index (κ3) is 4.95. The van der Waals surface area contributed by atoms with Crippen LogP contribution in [0.25, 0.3) is 6.08 Å². The first-order chi connectivity index (χ1) is 12.1. The molecule has 0 aliphatic carbocycles. The quantitative estimate of drug-likeness (QED) is 0.630. The normalized spacial score (nSPS) is 10.9. The molecular formula is C21H23N3O. The third-order valence-corrected chi connectivity index (χ3v) is 4.01. The number of carbonyl (C=O) groups is 1. The second-order valence-corrected chi connectivity index (χ2v) is 5.75. The minimum absolute atomic E-state index is 0.0798. The van der Waals surface area contributed by atoms with Gasteiger partial charge in [0, 0.05) is 24.5 Å². The zero-order valence-electron chi connectivity index (χ0n) is 14.9. The van der Waals surface area contributed by atoms with Crippen molar-refractivity contribution in [2.75, 3.05) is 23.3 Å². The Balaban J connectivity index is 2.14. The molecule has 2 aromatic rings. The van der Waals surface area contributed by atoms with Crippen LogP contribution >= 0.6 is 0 Å². The molecule has 1 amide bonds. The molecule has 0 aliphatic rings. The van der Waals surface area contributed by atoms with E-state index in [1.54, 1.807) is 6.08 Å². The van der Waals surface area contributed by atoms with Crippen LogP contribution in [0.5, 0.6) is 0 Å². The lowest BCUT2D eigenvalue weighted by Crippen LogP contribution is -2.21. The number of aryl methyl sites for hydroxylation is 1. The SMILES string of the molecule is CCN(CC)c1ccc(C=C(C#N)C(=O)Nc2ccc(C)cc2)cc1. The Bertz CT molecular complexity index is 779. The van der Waals surface area contributed by atoms with Gasteiger partial charge in [0.15, 0.2) is 0 Å². The molecule has 0 saturated carbocycles. The molecule has 2 aromatic carbocycles. The van der Waals surface area contributed by atoms with Gasteiger partial charge in [0.25, 0.3) is 5.91 Å². The fraction of sp³-hybridized carbons (Fsp3) is 0.238. The molecular weight excluding hydrogens is 310 g/mol. The van der Waals surface area contributed by atoms with Crippen molar-refractivity contribution in [2.45, 2.75) is 20.8 Å². The molecule has 0 aliphatic heterocycles. The molecule has 2 rings (SSSR count). The molecule has 0 atom stereocenters. The highest BCUT2D eigenvalue weighted by Crippen LogP contribution is 2.17. The van der Waals surface area contributed by atoms with Crippen LogP contribution in [-0.2, 0) is 4.79 Å². The fourth-order valence-corrected chi connectivity index (χ4v) is 2.52. The van der Waals surface area contributed by atoms with Gasteiger partial charge in [-0.05, 0) is 56.7 Å². The summed E-state index contributed by atoms with van der Waals surface area (Å²) in [5, 5.41) is 12.1. The second kappa shape index (κ2) is 8.70. The number of benzene rings is 2. The van der Waals surface area contributed by atoms with Crippen molar-refractivity contribution in [1.29, 1.82) is 5.26 Å². The van der Waals surface area contributed by atoms with Crippen LogP contribution in [0.2, 0.25) is 0 Å². The highest BCUT2D eigenvalue weighted by molar-refractivity contribution is 6.09. The van der Waals surface area contributed by atoms with E-state index in [1.165, 1.54) is 0 Å². The van der Waals surface area contributed by atoms with E-state index in [9.17, 15) is 10.1 Å². The minimum atomic E-state index is -0.404. The molecule has 0 aromatic heterocycles. The molecule has 0 spiro atoms. The molecule has 1 N–H and O–H groups in total. The topological polar surface area (TPSA) is 56.1 Å². The molecule has 4 nitrogen and oxygen atoms in total. The van der Waals surface area contributed by atoms with Crippen LogP contribution in [0, 0.1) is 18.3 Å². The summed E-state index contributed by atoms with van der Waals surface area (Å²) in [6, 6.07) is 17.3. The number of carbonyl (C=O) groups excluding carboxylic acids is 1. The van der Waals surface area contributed by atoms with Crippen LogP contribution < -0.4 is 10.2 Å². The average molecular weight is 333 g/mol. The number of anilines is 2. The summed E-state index contributed by atoms with van der Waals surface area (Å²) in [4.78, 5) is 14.5. The summed E-state index contributed by atoms with van der Waals surface area (Å²) >= 11 is 0. The van der Waals surface area contributed by atoms with Gasteiger partial charge in [-0.3, -0.25) is 4.79 Å². The Hall–Kier alpha value is -3.06. The minimum Gasteiger partial charge on any atom is -0.372 e. The van der Waals surface area contributed by atoms with Crippen LogP contribution in [0.3, 0.4) is 0 Å². The summed E-state index contributed by atoms with van der Waals surface area (Å²) in [5.41, 5.74) is 3.82. The zero-order valence-corrected chi connectivity index (χ0v) is 14.9. The number of nitrogens with one attached hydrogen (secondary N) is 1. The third-order valence-electron chi connectivity index (χ3n) is 4.01. The van der Waals surface area contributed by atoms with Gasteiger partial charge in [-0.25, -0.2) is 0 Å². The molecule has 0 saturated heterocycles. The van der Waals surface area contributed by atoms with E-state index in [0.717, 1.165) is 29.9 Å². The van der Waals surface area contributed by atoms with E-state index < -0.39 is 5.91 Å². The molecule has 25 heavy (non-hydrogen) atoms. The number of hydrogen-bond acceptors (Lipinski definition) is 3. The molecule has 0 fully saturated rings. The highest BCUT2D eigenvalue weighted by atomic mass is 16.1. The Morgan fingerprint density at radius 2 is 1.68 bits per heavy atom.